The molecule has 0 unspecified atom stereocenters. The summed E-state index contributed by atoms with van der Waals surface area (Å²) in [5.74, 6) is 1.64. The molecule has 3 aliphatic heterocycles. The predicted octanol–water partition coefficient (Wildman–Crippen LogP) is 33.8. The number of rotatable bonds is 6. The second kappa shape index (κ2) is 28.8. The number of nitrogens with zero attached hydrogens (tertiary/aromatic N) is 9. The number of benzene rings is 18. The van der Waals surface area contributed by atoms with Crippen LogP contribution in [-0.4, -0.2) is 29.9 Å². The molecular weight excluding hydrogens is 1680 g/mol. The van der Waals surface area contributed by atoms with E-state index >= 15 is 0 Å². The van der Waals surface area contributed by atoms with Gasteiger partial charge < -0.3 is 14.2 Å². The lowest BCUT2D eigenvalue weighted by atomic mass is 9.82. The Hall–Kier alpha value is -16.4. The van der Waals surface area contributed by atoms with Gasteiger partial charge in [0.2, 0.25) is 0 Å². The highest BCUT2D eigenvalue weighted by molar-refractivity contribution is 7.26. The molecule has 0 atom stereocenters. The Balaban J connectivity index is 0.000000101. The highest BCUT2D eigenvalue weighted by Gasteiger charge is 2.43. The van der Waals surface area contributed by atoms with E-state index in [1.54, 1.807) is 12.7 Å². The van der Waals surface area contributed by atoms with Crippen LogP contribution in [0.25, 0.3) is 195 Å². The van der Waals surface area contributed by atoms with Gasteiger partial charge in [-0.15, -0.1) is 22.7 Å². The topological polar surface area (TPSA) is 100 Å². The fraction of sp³-hybridized carbons (Fsp3) is 0.0732. The van der Waals surface area contributed by atoms with Crippen LogP contribution in [0.15, 0.2) is 387 Å². The van der Waals surface area contributed by atoms with Gasteiger partial charge in [0.1, 0.15) is 24.1 Å². The highest BCUT2D eigenvalue weighted by atomic mass is 32.1. The van der Waals surface area contributed by atoms with Crippen LogP contribution in [-0.2, 0) is 16.2 Å². The molecule has 6 aliphatic rings. The summed E-state index contributed by atoms with van der Waals surface area (Å²) >= 11 is 3.83. The van der Waals surface area contributed by atoms with Crippen LogP contribution in [0.2, 0.25) is 0 Å². The minimum absolute atomic E-state index is 0.0864. The van der Waals surface area contributed by atoms with Crippen LogP contribution < -0.4 is 14.7 Å². The smallest absolute Gasteiger partial charge is 0.160 e. The molecule has 0 spiro atoms. The number of furan rings is 1. The van der Waals surface area contributed by atoms with E-state index in [2.05, 4.69) is 406 Å². The van der Waals surface area contributed by atoms with Gasteiger partial charge in [0.25, 0.3) is 0 Å². The van der Waals surface area contributed by atoms with Crippen molar-refractivity contribution in [3.05, 3.63) is 416 Å². The molecular formula is C123H81N9OS2. The van der Waals surface area contributed by atoms with Gasteiger partial charge in [0, 0.05) is 135 Å². The van der Waals surface area contributed by atoms with E-state index < -0.39 is 0 Å². The van der Waals surface area contributed by atoms with Crippen molar-refractivity contribution in [1.29, 1.82) is 0 Å². The van der Waals surface area contributed by atoms with Crippen LogP contribution >= 0.6 is 22.7 Å². The minimum Gasteiger partial charge on any atom is -0.453 e. The summed E-state index contributed by atoms with van der Waals surface area (Å²) in [5.41, 5.74) is 39.3. The van der Waals surface area contributed by atoms with Crippen molar-refractivity contribution in [1.82, 2.24) is 29.9 Å². The first-order valence-corrected chi connectivity index (χ1v) is 47.9. The molecule has 0 fully saturated rings. The lowest BCUT2D eigenvalue weighted by Crippen LogP contribution is -2.18. The Bertz CT molecular complexity index is 8920. The second-order valence-electron chi connectivity index (χ2n) is 37.9. The summed E-state index contributed by atoms with van der Waals surface area (Å²) in [6, 6.07) is 130. The van der Waals surface area contributed by atoms with Crippen molar-refractivity contribution in [3.8, 4) is 101 Å². The number of fused-ring (bicyclic) bond motifs is 27. The molecule has 10 nitrogen and oxygen atoms in total. The van der Waals surface area contributed by atoms with Crippen LogP contribution in [0.1, 0.15) is 74.9 Å². The van der Waals surface area contributed by atoms with Crippen molar-refractivity contribution in [2.75, 3.05) is 14.7 Å². The summed E-state index contributed by atoms with van der Waals surface area (Å²) in [4.78, 5) is 36.2. The average molecular weight is 1770 g/mol. The number of thiophene rings is 2. The fourth-order valence-corrected chi connectivity index (χ4v) is 25.9. The molecule has 6 aromatic heterocycles. The molecule has 24 aromatic rings. The van der Waals surface area contributed by atoms with E-state index in [1.165, 1.54) is 156 Å². The third kappa shape index (κ3) is 11.2. The molecule has 0 radical (unpaired) electrons. The van der Waals surface area contributed by atoms with E-state index in [-0.39, 0.29) is 16.2 Å². The van der Waals surface area contributed by atoms with Crippen molar-refractivity contribution >= 4 is 169 Å². The molecule has 0 bridgehead atoms. The number of hydrogen-bond acceptors (Lipinski definition) is 12. The van der Waals surface area contributed by atoms with E-state index in [1.807, 2.05) is 53.3 Å². The fourth-order valence-electron chi connectivity index (χ4n) is 23.4. The molecule has 0 saturated carbocycles. The van der Waals surface area contributed by atoms with Gasteiger partial charge in [-0.05, 0) is 186 Å². The summed E-state index contributed by atoms with van der Waals surface area (Å²) in [7, 11) is 0. The molecule has 12 heteroatoms. The number of anilines is 9. The molecule has 0 saturated heterocycles. The molecule has 9 heterocycles. The normalized spacial score (nSPS) is 14.1. The van der Waals surface area contributed by atoms with Gasteiger partial charge in [0.15, 0.2) is 11.4 Å². The first kappa shape index (κ1) is 77.4. The first-order chi connectivity index (χ1) is 66.2. The van der Waals surface area contributed by atoms with E-state index in [0.29, 0.717) is 0 Å². The summed E-state index contributed by atoms with van der Waals surface area (Å²) < 4.78 is 12.5. The first-order valence-electron chi connectivity index (χ1n) is 46.2. The van der Waals surface area contributed by atoms with Crippen LogP contribution in [0, 0.1) is 0 Å². The van der Waals surface area contributed by atoms with E-state index in [0.717, 1.165) is 124 Å². The molecule has 18 aromatic carbocycles. The van der Waals surface area contributed by atoms with Gasteiger partial charge in [-0.25, -0.2) is 29.9 Å². The maximum atomic E-state index is 7.03. The second-order valence-corrected chi connectivity index (χ2v) is 40.0. The van der Waals surface area contributed by atoms with Gasteiger partial charge in [-0.3, -0.25) is 4.90 Å². The lowest BCUT2D eigenvalue weighted by Gasteiger charge is -2.33. The quantitative estimate of drug-likeness (QED) is 0.160. The highest BCUT2D eigenvalue weighted by Crippen LogP contribution is 2.63. The number of para-hydroxylation sites is 2. The largest absolute Gasteiger partial charge is 0.453 e. The van der Waals surface area contributed by atoms with Crippen molar-refractivity contribution in [2.24, 2.45) is 0 Å². The van der Waals surface area contributed by atoms with Crippen LogP contribution in [0.3, 0.4) is 0 Å². The third-order valence-electron chi connectivity index (χ3n) is 29.6. The molecule has 3 aliphatic carbocycles. The lowest BCUT2D eigenvalue weighted by molar-refractivity contribution is 0.653. The Labute approximate surface area is 786 Å². The predicted molar refractivity (Wildman–Crippen MR) is 562 cm³/mol. The Kier molecular flexibility index (Phi) is 16.5. The molecule has 636 valence electrons. The minimum atomic E-state index is -0.0916. The average Bonchev–Trinajstić information content (AvgIpc) is 1.57. The Morgan fingerprint density at radius 3 is 1.40 bits per heavy atom. The maximum Gasteiger partial charge on any atom is 0.160 e. The molecule has 135 heavy (non-hydrogen) atoms. The van der Waals surface area contributed by atoms with Crippen LogP contribution in [0.4, 0.5) is 51.3 Å². The molecule has 0 N–H and O–H groups in total. The third-order valence-corrected chi connectivity index (χ3v) is 32.0. The zero-order valence-corrected chi connectivity index (χ0v) is 76.3. The van der Waals surface area contributed by atoms with Crippen LogP contribution in [0.5, 0.6) is 0 Å². The van der Waals surface area contributed by atoms with Gasteiger partial charge >= 0.3 is 0 Å². The van der Waals surface area contributed by atoms with Gasteiger partial charge in [-0.2, -0.15) is 0 Å². The zero-order valence-electron chi connectivity index (χ0n) is 74.6. The molecule has 0 amide bonds. The zero-order chi connectivity index (χ0) is 89.6. The number of hydrogen-bond donors (Lipinski definition) is 0. The van der Waals surface area contributed by atoms with E-state index in [9.17, 15) is 0 Å². The van der Waals surface area contributed by atoms with E-state index in [4.69, 9.17) is 24.4 Å². The van der Waals surface area contributed by atoms with Gasteiger partial charge in [0.05, 0.1) is 62.6 Å². The summed E-state index contributed by atoms with van der Waals surface area (Å²) in [5, 5.41) is 13.5. The molecule has 30 rings (SSSR count). The Morgan fingerprint density at radius 2 is 0.748 bits per heavy atom. The van der Waals surface area contributed by atoms with Crippen molar-refractivity contribution < 1.29 is 4.42 Å². The van der Waals surface area contributed by atoms with Crippen molar-refractivity contribution in [3.63, 3.8) is 0 Å². The standard InChI is InChI=1S/C41H27N3O.2C41H27N3S/c1-41(2)29-17-8-6-14-27(29)35-30(41)23-22-26-25-16-10-21-34(38(25)45-39(26)35)44-32-19-9-7-15-28(32)37-36-31(18-11-20-33(36)44)42-40(43-37)24-12-4-3-5-13-24;1-41(2)32-17-15-27(21-30(32)38-33(41)18-16-29-28-12-6-7-14-36(28)45-40(29)38)44-34-13-8-11-25-19-26(24-9-4-3-5-10-24)20-31(37(25)34)39-35(44)22-42-23-43-39;1-41(2)33-17-15-27(21-31(33)38-34(41)18-16-29-28-12-6-7-14-36(28)45-39(29)38)44-35-13-8-11-25-19-26(24-9-4-3-5-10-24)20-30(37(25)35)32-22-42-23-43-40(32)44/h3*3-23H,1-2H3. The Morgan fingerprint density at radius 1 is 0.274 bits per heavy atom. The summed E-state index contributed by atoms with van der Waals surface area (Å²) in [6.07, 6.45) is 7.28. The monoisotopic (exact) mass is 1760 g/mol. The van der Waals surface area contributed by atoms with Gasteiger partial charge in [-0.1, -0.05) is 302 Å². The van der Waals surface area contributed by atoms with Crippen molar-refractivity contribution in [2.45, 2.75) is 57.8 Å². The maximum absolute atomic E-state index is 7.03. The number of aromatic nitrogens is 6. The summed E-state index contributed by atoms with van der Waals surface area (Å²) in [6.45, 7) is 14.1. The SMILES string of the molecule is CC1(C)c2ccc(N3c4cncnc4-c4cc(-c5ccccc5)cc5cccc3c45)cc2-c2c1ccc1c2sc2ccccc21.CC1(C)c2ccc(N3c4ncncc4-c4cc(-c5ccccc5)cc5cccc3c45)cc2-c2c1ccc1c2sc2ccccc21.CC1(C)c2ccccc2-c2c1ccc1c2oc2c(N3c4ccccc4-c4nc(-c5ccccc5)nc5cccc3c45)cccc21.